The first-order valence-electron chi connectivity index (χ1n) is 4.92. The lowest BCUT2D eigenvalue weighted by Crippen LogP contribution is -2.16. The van der Waals surface area contributed by atoms with E-state index >= 15 is 0 Å². The Kier molecular flexibility index (Phi) is 4.24. The van der Waals surface area contributed by atoms with Gasteiger partial charge >= 0.3 is 0 Å². The average molecular weight is 211 g/mol. The van der Waals surface area contributed by atoms with E-state index in [2.05, 4.69) is 0 Å². The number of methoxy groups -OCH3 is 1. The number of aliphatic hydroxyl groups is 1. The Labute approximate surface area is 89.6 Å². The minimum absolute atomic E-state index is 0.246. The molecule has 0 aliphatic rings. The fourth-order valence-corrected chi connectivity index (χ4v) is 1.17. The van der Waals surface area contributed by atoms with Crippen LogP contribution in [0.2, 0.25) is 0 Å². The zero-order valence-electron chi connectivity index (χ0n) is 9.06. The highest BCUT2D eigenvalue weighted by atomic mass is 16.5. The molecule has 0 radical (unpaired) electrons. The number of nitrogens with two attached hydrogens (primary N) is 1. The summed E-state index contributed by atoms with van der Waals surface area (Å²) < 4.78 is 10.5. The Hall–Kier alpha value is -1.42. The molecule has 4 nitrogen and oxygen atoms in total. The second kappa shape index (κ2) is 5.46. The van der Waals surface area contributed by atoms with Gasteiger partial charge in [0.05, 0.1) is 18.9 Å². The maximum atomic E-state index is 9.36. The molecule has 4 heteroatoms. The van der Waals surface area contributed by atoms with E-state index in [4.69, 9.17) is 15.2 Å². The van der Waals surface area contributed by atoms with Gasteiger partial charge in [0.25, 0.3) is 0 Å². The second-order valence-corrected chi connectivity index (χ2v) is 3.25. The molecule has 0 saturated heterocycles. The molecule has 0 heterocycles. The van der Waals surface area contributed by atoms with E-state index in [9.17, 15) is 5.11 Å². The van der Waals surface area contributed by atoms with E-state index in [1.807, 2.05) is 6.92 Å². The first kappa shape index (κ1) is 11.7. The first-order valence-corrected chi connectivity index (χ1v) is 4.92. The Morgan fingerprint density at radius 1 is 1.47 bits per heavy atom. The van der Waals surface area contributed by atoms with Crippen LogP contribution in [0.15, 0.2) is 18.2 Å². The predicted molar refractivity (Wildman–Crippen MR) is 59.2 cm³/mol. The smallest absolute Gasteiger partial charge is 0.183 e. The summed E-state index contributed by atoms with van der Waals surface area (Å²) in [6.45, 7) is 2.14. The molecule has 1 aromatic rings. The van der Waals surface area contributed by atoms with Gasteiger partial charge in [-0.15, -0.1) is 0 Å². The lowest BCUT2D eigenvalue weighted by atomic mass is 10.2. The lowest BCUT2D eigenvalue weighted by molar-refractivity contribution is 0.103. The van der Waals surface area contributed by atoms with Crippen molar-refractivity contribution in [2.45, 2.75) is 19.4 Å². The monoisotopic (exact) mass is 211 g/mol. The van der Waals surface area contributed by atoms with Crippen LogP contribution in [0.3, 0.4) is 0 Å². The molecule has 0 saturated carbocycles. The highest BCUT2D eigenvalue weighted by Gasteiger charge is 2.09. The molecule has 1 aromatic carbocycles. The highest BCUT2D eigenvalue weighted by Crippen LogP contribution is 2.32. The van der Waals surface area contributed by atoms with Gasteiger partial charge in [-0.3, -0.25) is 0 Å². The van der Waals surface area contributed by atoms with Crippen molar-refractivity contribution in [3.63, 3.8) is 0 Å². The van der Waals surface area contributed by atoms with Crippen molar-refractivity contribution < 1.29 is 14.6 Å². The summed E-state index contributed by atoms with van der Waals surface area (Å²) in [5, 5.41) is 9.36. The van der Waals surface area contributed by atoms with Gasteiger partial charge in [-0.2, -0.15) is 0 Å². The maximum absolute atomic E-state index is 9.36. The zero-order chi connectivity index (χ0) is 11.3. The molecular formula is C11H17NO3. The molecule has 15 heavy (non-hydrogen) atoms. The van der Waals surface area contributed by atoms with Crippen molar-refractivity contribution in [2.75, 3.05) is 19.5 Å². The van der Waals surface area contributed by atoms with Crippen molar-refractivity contribution in [1.29, 1.82) is 0 Å². The SMILES string of the molecule is CCC(O)COc1cccc(N)c1OC. The fraction of sp³-hybridized carbons (Fsp3) is 0.455. The molecule has 0 amide bonds. The van der Waals surface area contributed by atoms with E-state index in [1.165, 1.54) is 7.11 Å². The van der Waals surface area contributed by atoms with E-state index < -0.39 is 6.10 Å². The average Bonchev–Trinajstić information content (AvgIpc) is 2.25. The van der Waals surface area contributed by atoms with Gasteiger partial charge < -0.3 is 20.3 Å². The number of benzene rings is 1. The van der Waals surface area contributed by atoms with Gasteiger partial charge in [-0.05, 0) is 18.6 Å². The van der Waals surface area contributed by atoms with Crippen molar-refractivity contribution in [2.24, 2.45) is 0 Å². The van der Waals surface area contributed by atoms with Gasteiger partial charge in [0.15, 0.2) is 11.5 Å². The third-order valence-electron chi connectivity index (χ3n) is 2.12. The Bertz CT molecular complexity index is 315. The number of nitrogen functional groups attached to an aromatic ring is 1. The number of para-hydroxylation sites is 1. The van der Waals surface area contributed by atoms with E-state index in [-0.39, 0.29) is 6.61 Å². The molecule has 0 spiro atoms. The summed E-state index contributed by atoms with van der Waals surface area (Å²) in [6, 6.07) is 5.28. The Morgan fingerprint density at radius 3 is 2.80 bits per heavy atom. The molecule has 0 fully saturated rings. The summed E-state index contributed by atoms with van der Waals surface area (Å²) in [5.74, 6) is 1.07. The van der Waals surface area contributed by atoms with Crippen LogP contribution in [0.1, 0.15) is 13.3 Å². The zero-order valence-corrected chi connectivity index (χ0v) is 9.06. The number of anilines is 1. The van der Waals surface area contributed by atoms with Gasteiger partial charge in [-0.25, -0.2) is 0 Å². The first-order chi connectivity index (χ1) is 7.19. The number of hydrogen-bond donors (Lipinski definition) is 2. The van der Waals surface area contributed by atoms with Crippen LogP contribution in [0.25, 0.3) is 0 Å². The third kappa shape index (κ3) is 3.02. The van der Waals surface area contributed by atoms with Crippen LogP contribution in [0, 0.1) is 0 Å². The lowest BCUT2D eigenvalue weighted by Gasteiger charge is -2.14. The van der Waals surface area contributed by atoms with Crippen molar-refractivity contribution >= 4 is 5.69 Å². The van der Waals surface area contributed by atoms with E-state index in [0.717, 1.165) is 0 Å². The minimum atomic E-state index is -0.462. The molecule has 84 valence electrons. The minimum Gasteiger partial charge on any atom is -0.491 e. The van der Waals surface area contributed by atoms with Crippen molar-refractivity contribution in [3.05, 3.63) is 18.2 Å². The van der Waals surface area contributed by atoms with Crippen LogP contribution in [-0.4, -0.2) is 24.9 Å². The summed E-state index contributed by atoms with van der Waals surface area (Å²) in [7, 11) is 1.54. The molecule has 1 unspecified atom stereocenters. The third-order valence-corrected chi connectivity index (χ3v) is 2.12. The van der Waals surface area contributed by atoms with Gasteiger partial charge in [0.2, 0.25) is 0 Å². The van der Waals surface area contributed by atoms with Gasteiger partial charge in [0.1, 0.15) is 6.61 Å². The Morgan fingerprint density at radius 2 is 2.20 bits per heavy atom. The van der Waals surface area contributed by atoms with E-state index in [1.54, 1.807) is 18.2 Å². The number of rotatable bonds is 5. The summed E-state index contributed by atoms with van der Waals surface area (Å²) in [5.41, 5.74) is 6.23. The number of aliphatic hydroxyl groups excluding tert-OH is 1. The van der Waals surface area contributed by atoms with Crippen LogP contribution in [-0.2, 0) is 0 Å². The quantitative estimate of drug-likeness (QED) is 0.723. The summed E-state index contributed by atoms with van der Waals surface area (Å²) in [4.78, 5) is 0. The molecule has 1 rings (SSSR count). The maximum Gasteiger partial charge on any atom is 0.183 e. The van der Waals surface area contributed by atoms with E-state index in [0.29, 0.717) is 23.6 Å². The van der Waals surface area contributed by atoms with Crippen LogP contribution < -0.4 is 15.2 Å². The van der Waals surface area contributed by atoms with Crippen LogP contribution in [0.4, 0.5) is 5.69 Å². The van der Waals surface area contributed by atoms with Gasteiger partial charge in [-0.1, -0.05) is 13.0 Å². The molecule has 0 aromatic heterocycles. The number of hydrogen-bond acceptors (Lipinski definition) is 4. The molecule has 3 N–H and O–H groups in total. The standard InChI is InChI=1S/C11H17NO3/c1-3-8(13)7-15-10-6-4-5-9(12)11(10)14-2/h4-6,8,13H,3,7,12H2,1-2H3. The van der Waals surface area contributed by atoms with Crippen molar-refractivity contribution in [3.8, 4) is 11.5 Å². The molecule has 0 aliphatic carbocycles. The van der Waals surface area contributed by atoms with Crippen LogP contribution >= 0.6 is 0 Å². The normalized spacial score (nSPS) is 12.2. The second-order valence-electron chi connectivity index (χ2n) is 3.25. The summed E-state index contributed by atoms with van der Waals surface area (Å²) in [6.07, 6.45) is 0.195. The fourth-order valence-electron chi connectivity index (χ4n) is 1.17. The predicted octanol–water partition coefficient (Wildman–Crippen LogP) is 1.43. The van der Waals surface area contributed by atoms with Crippen molar-refractivity contribution in [1.82, 2.24) is 0 Å². The molecule has 0 bridgehead atoms. The topological polar surface area (TPSA) is 64.7 Å². The largest absolute Gasteiger partial charge is 0.491 e. The number of ether oxygens (including phenoxy) is 2. The van der Waals surface area contributed by atoms with Crippen LogP contribution in [0.5, 0.6) is 11.5 Å². The summed E-state index contributed by atoms with van der Waals surface area (Å²) >= 11 is 0. The molecule has 1 atom stereocenters. The van der Waals surface area contributed by atoms with Gasteiger partial charge in [0, 0.05) is 0 Å². The Balaban J connectivity index is 2.72. The highest BCUT2D eigenvalue weighted by molar-refractivity contribution is 5.60. The molecule has 0 aliphatic heterocycles. The molecular weight excluding hydrogens is 194 g/mol.